The Morgan fingerprint density at radius 3 is 2.25 bits per heavy atom. The van der Waals surface area contributed by atoms with E-state index in [1.165, 1.54) is 0 Å². The Labute approximate surface area is 87.9 Å². The lowest BCUT2D eigenvalue weighted by atomic mass is 10.6. The lowest BCUT2D eigenvalue weighted by Gasteiger charge is -2.07. The van der Waals surface area contributed by atoms with Crippen LogP contribution in [-0.4, -0.2) is 49.7 Å². The fourth-order valence-corrected chi connectivity index (χ4v) is 0.793. The largest absolute Gasteiger partial charge is 0.378 e. The fraction of sp³-hybridized carbons (Fsp3) is 1.00. The summed E-state index contributed by atoms with van der Waals surface area (Å²) in [4.78, 5) is 0. The van der Waals surface area contributed by atoms with Crippen LogP contribution in [-0.2, 0) is 9.47 Å². The average molecular weight is 288 g/mol. The van der Waals surface area contributed by atoms with Crippen molar-refractivity contribution in [2.75, 3.05) is 46.6 Å². The van der Waals surface area contributed by atoms with Crippen LogP contribution in [0.1, 0.15) is 0 Å². The quantitative estimate of drug-likeness (QED) is 0.395. The molecule has 0 saturated heterocycles. The van der Waals surface area contributed by atoms with Crippen LogP contribution in [0.4, 0.5) is 0 Å². The van der Waals surface area contributed by atoms with Gasteiger partial charge in [0.2, 0.25) is 0 Å². The first-order valence-electron chi connectivity index (χ1n) is 4.00. The van der Waals surface area contributed by atoms with Gasteiger partial charge in [0.15, 0.2) is 0 Å². The van der Waals surface area contributed by atoms with E-state index in [4.69, 9.17) is 15.2 Å². The molecule has 0 fully saturated rings. The number of halogens is 1. The van der Waals surface area contributed by atoms with Gasteiger partial charge in [-0.2, -0.15) is 0 Å². The number of ether oxygens (including phenoxy) is 2. The molecule has 0 aliphatic heterocycles. The summed E-state index contributed by atoms with van der Waals surface area (Å²) in [6, 6.07) is 0. The number of nitrogens with two attached hydrogens (primary N) is 1. The highest BCUT2D eigenvalue weighted by atomic mass is 127. The van der Waals surface area contributed by atoms with Crippen molar-refractivity contribution in [1.82, 2.24) is 3.11 Å². The number of rotatable bonds is 8. The van der Waals surface area contributed by atoms with Gasteiger partial charge in [0.05, 0.1) is 26.4 Å². The first kappa shape index (κ1) is 12.6. The van der Waals surface area contributed by atoms with Crippen molar-refractivity contribution in [2.24, 2.45) is 5.73 Å². The van der Waals surface area contributed by atoms with E-state index in [0.717, 1.165) is 13.2 Å². The Hall–Kier alpha value is 0.570. The van der Waals surface area contributed by atoms with Crippen LogP contribution in [0.2, 0.25) is 0 Å². The summed E-state index contributed by atoms with van der Waals surface area (Å²) in [5, 5.41) is 0. The zero-order chi connectivity index (χ0) is 9.23. The topological polar surface area (TPSA) is 47.7 Å². The molecule has 0 rings (SSSR count). The third-order valence-electron chi connectivity index (χ3n) is 1.18. The van der Waals surface area contributed by atoms with Gasteiger partial charge in [0.25, 0.3) is 0 Å². The van der Waals surface area contributed by atoms with Gasteiger partial charge in [0, 0.05) is 36.0 Å². The third kappa shape index (κ3) is 10.6. The Balaban J connectivity index is 2.82. The van der Waals surface area contributed by atoms with Crippen LogP contribution in [0.5, 0.6) is 0 Å². The summed E-state index contributed by atoms with van der Waals surface area (Å²) >= 11 is 2.22. The van der Waals surface area contributed by atoms with Crippen LogP contribution in [0.15, 0.2) is 0 Å². The highest BCUT2D eigenvalue weighted by Gasteiger charge is 1.91. The monoisotopic (exact) mass is 288 g/mol. The van der Waals surface area contributed by atoms with E-state index in [-0.39, 0.29) is 0 Å². The second kappa shape index (κ2) is 9.66. The molecule has 12 heavy (non-hydrogen) atoms. The Kier molecular flexibility index (Phi) is 10.1. The average Bonchev–Trinajstić information content (AvgIpc) is 2.02. The summed E-state index contributed by atoms with van der Waals surface area (Å²) in [5.41, 5.74) is 5.24. The van der Waals surface area contributed by atoms with Crippen molar-refractivity contribution in [2.45, 2.75) is 0 Å². The Morgan fingerprint density at radius 2 is 1.75 bits per heavy atom. The molecule has 0 aromatic carbocycles. The van der Waals surface area contributed by atoms with Gasteiger partial charge >= 0.3 is 0 Å². The zero-order valence-corrected chi connectivity index (χ0v) is 9.62. The second-order valence-electron chi connectivity index (χ2n) is 2.34. The van der Waals surface area contributed by atoms with Crippen LogP contribution >= 0.6 is 22.9 Å². The van der Waals surface area contributed by atoms with E-state index in [9.17, 15) is 0 Å². The predicted octanol–water partition coefficient (Wildman–Crippen LogP) is 0.260. The van der Waals surface area contributed by atoms with Gasteiger partial charge in [-0.1, -0.05) is 0 Å². The van der Waals surface area contributed by atoms with Crippen LogP contribution < -0.4 is 5.73 Å². The molecule has 0 radical (unpaired) electrons. The third-order valence-corrected chi connectivity index (χ3v) is 1.66. The van der Waals surface area contributed by atoms with E-state index in [1.807, 2.05) is 7.05 Å². The van der Waals surface area contributed by atoms with Crippen molar-refractivity contribution in [3.8, 4) is 0 Å². The summed E-state index contributed by atoms with van der Waals surface area (Å²) in [5.74, 6) is 0. The molecule has 0 atom stereocenters. The molecule has 0 aliphatic rings. The molecular formula is C7H17IN2O2. The molecule has 0 unspecified atom stereocenters. The van der Waals surface area contributed by atoms with E-state index >= 15 is 0 Å². The van der Waals surface area contributed by atoms with E-state index in [1.54, 1.807) is 0 Å². The molecule has 0 heterocycles. The summed E-state index contributed by atoms with van der Waals surface area (Å²) in [7, 11) is 2.01. The maximum absolute atomic E-state index is 5.28. The molecule has 0 amide bonds. The molecule has 0 aromatic heterocycles. The van der Waals surface area contributed by atoms with Gasteiger partial charge in [-0.25, -0.2) is 3.11 Å². The van der Waals surface area contributed by atoms with Crippen LogP contribution in [0.25, 0.3) is 0 Å². The number of nitrogens with zero attached hydrogens (tertiary/aromatic N) is 1. The van der Waals surface area contributed by atoms with Gasteiger partial charge in [-0.05, 0) is 7.05 Å². The maximum atomic E-state index is 5.28. The lowest BCUT2D eigenvalue weighted by molar-refractivity contribution is 0.0496. The molecule has 5 heteroatoms. The normalized spacial score (nSPS) is 11.0. The predicted molar refractivity (Wildman–Crippen MR) is 57.3 cm³/mol. The number of hydrogen-bond donors (Lipinski definition) is 1. The summed E-state index contributed by atoms with van der Waals surface area (Å²) in [6.07, 6.45) is 0. The highest BCUT2D eigenvalue weighted by Crippen LogP contribution is 1.90. The van der Waals surface area contributed by atoms with Gasteiger partial charge < -0.3 is 15.2 Å². The van der Waals surface area contributed by atoms with Crippen LogP contribution in [0.3, 0.4) is 0 Å². The molecule has 74 valence electrons. The minimum Gasteiger partial charge on any atom is -0.378 e. The van der Waals surface area contributed by atoms with Crippen molar-refractivity contribution in [3.05, 3.63) is 0 Å². The van der Waals surface area contributed by atoms with E-state index in [0.29, 0.717) is 26.4 Å². The molecule has 0 bridgehead atoms. The SMILES string of the molecule is CN(I)CCOCCOCCN. The second-order valence-corrected chi connectivity index (χ2v) is 3.99. The standard InChI is InChI=1S/C7H17IN2O2/c1-10(8)3-5-12-7-6-11-4-2-9/h2-7,9H2,1H3. The molecular weight excluding hydrogens is 271 g/mol. The number of likely N-dealkylation sites (N-methyl/N-ethyl adjacent to an activating group) is 1. The van der Waals surface area contributed by atoms with Crippen LogP contribution in [0, 0.1) is 0 Å². The molecule has 2 N–H and O–H groups in total. The van der Waals surface area contributed by atoms with Crippen molar-refractivity contribution >= 4 is 22.9 Å². The Bertz CT molecular complexity index is 93.5. The minimum absolute atomic E-state index is 0.580. The van der Waals surface area contributed by atoms with Gasteiger partial charge in [-0.15, -0.1) is 0 Å². The molecule has 4 nitrogen and oxygen atoms in total. The van der Waals surface area contributed by atoms with Gasteiger partial charge in [0.1, 0.15) is 0 Å². The van der Waals surface area contributed by atoms with E-state index in [2.05, 4.69) is 26.0 Å². The minimum atomic E-state index is 0.580. The van der Waals surface area contributed by atoms with Crippen molar-refractivity contribution in [1.29, 1.82) is 0 Å². The smallest absolute Gasteiger partial charge is 0.0701 e. The molecule has 0 saturated carbocycles. The maximum Gasteiger partial charge on any atom is 0.0701 e. The van der Waals surface area contributed by atoms with Gasteiger partial charge in [-0.3, -0.25) is 0 Å². The van der Waals surface area contributed by atoms with E-state index < -0.39 is 0 Å². The first-order valence-corrected chi connectivity index (χ1v) is 4.96. The first-order chi connectivity index (χ1) is 5.77. The summed E-state index contributed by atoms with van der Waals surface area (Å²) in [6.45, 7) is 4.20. The zero-order valence-electron chi connectivity index (χ0n) is 7.46. The van der Waals surface area contributed by atoms with Crippen molar-refractivity contribution in [3.63, 3.8) is 0 Å². The highest BCUT2D eigenvalue weighted by molar-refractivity contribution is 14.1. The lowest BCUT2D eigenvalue weighted by Crippen LogP contribution is -2.16. The number of hydrogen-bond acceptors (Lipinski definition) is 4. The molecule has 0 aromatic rings. The summed E-state index contributed by atoms with van der Waals surface area (Å²) < 4.78 is 12.5. The molecule has 0 aliphatic carbocycles. The molecule has 0 spiro atoms. The fourth-order valence-electron chi connectivity index (χ4n) is 0.596. The van der Waals surface area contributed by atoms with Crippen molar-refractivity contribution < 1.29 is 9.47 Å². The Morgan fingerprint density at radius 1 is 1.17 bits per heavy atom.